The molecule has 0 atom stereocenters. The van der Waals surface area contributed by atoms with Crippen molar-refractivity contribution in [1.82, 2.24) is 9.97 Å². The molecule has 172 valence electrons. The van der Waals surface area contributed by atoms with Gasteiger partial charge in [0.2, 0.25) is 0 Å². The van der Waals surface area contributed by atoms with Gasteiger partial charge in [-0.15, -0.1) is 11.3 Å². The average Bonchev–Trinajstić information content (AvgIpc) is 3.35. The normalized spacial score (nSPS) is 11.8. The van der Waals surface area contributed by atoms with Crippen LogP contribution in [0.3, 0.4) is 0 Å². The molecule has 3 heteroatoms. The third kappa shape index (κ3) is 3.11. The van der Waals surface area contributed by atoms with Gasteiger partial charge in [-0.25, -0.2) is 9.97 Å². The average molecular weight is 489 g/mol. The quantitative estimate of drug-likeness (QED) is 0.226. The largest absolute Gasteiger partial charge is 0.244 e. The summed E-state index contributed by atoms with van der Waals surface area (Å²) in [6.07, 6.45) is 0. The van der Waals surface area contributed by atoms with Crippen LogP contribution in [0.25, 0.3) is 75.3 Å². The lowest BCUT2D eigenvalue weighted by atomic mass is 9.94. The number of rotatable bonds is 2. The van der Waals surface area contributed by atoms with Crippen molar-refractivity contribution >= 4 is 64.1 Å². The summed E-state index contributed by atoms with van der Waals surface area (Å²) in [5.74, 6) is 0. The number of nitrogens with zero attached hydrogens (tertiary/aromatic N) is 2. The molecule has 0 aliphatic rings. The summed E-state index contributed by atoms with van der Waals surface area (Å²) in [7, 11) is 0. The number of hydrogen-bond acceptors (Lipinski definition) is 3. The first-order valence-corrected chi connectivity index (χ1v) is 13.2. The molecule has 0 aliphatic carbocycles. The molecule has 0 saturated carbocycles. The fraction of sp³-hybridized carbons (Fsp3) is 0. The summed E-state index contributed by atoms with van der Waals surface area (Å²) in [6.45, 7) is 0. The summed E-state index contributed by atoms with van der Waals surface area (Å²) < 4.78 is 2.60. The van der Waals surface area contributed by atoms with E-state index in [0.29, 0.717) is 0 Å². The molecule has 0 bridgehead atoms. The van der Waals surface area contributed by atoms with Crippen LogP contribution < -0.4 is 0 Å². The lowest BCUT2D eigenvalue weighted by Crippen LogP contribution is -1.97. The number of aromatic nitrogens is 2. The van der Waals surface area contributed by atoms with E-state index >= 15 is 0 Å². The smallest absolute Gasteiger partial charge is 0.0979 e. The standard InChI is InChI=1S/C34H20N2S/c1-2-10-23(11-3-1)32-34(36-33-24-13-5-4-9-21(24)17-19-27(33)35-32)26-15-8-12-22-18-20-29-31(30(22)26)25-14-6-7-16-28(25)37-29/h1-20H. The molecule has 0 radical (unpaired) electrons. The van der Waals surface area contributed by atoms with E-state index in [9.17, 15) is 0 Å². The molecule has 6 aromatic carbocycles. The van der Waals surface area contributed by atoms with E-state index < -0.39 is 0 Å². The van der Waals surface area contributed by atoms with Crippen LogP contribution in [0.4, 0.5) is 0 Å². The summed E-state index contributed by atoms with van der Waals surface area (Å²) >= 11 is 1.85. The molecule has 0 fully saturated rings. The fourth-order valence-corrected chi connectivity index (χ4v) is 6.68. The van der Waals surface area contributed by atoms with Crippen LogP contribution in [0.2, 0.25) is 0 Å². The zero-order valence-electron chi connectivity index (χ0n) is 19.8. The molecular weight excluding hydrogens is 468 g/mol. The molecule has 2 nitrogen and oxygen atoms in total. The van der Waals surface area contributed by atoms with Crippen molar-refractivity contribution in [2.75, 3.05) is 0 Å². The van der Waals surface area contributed by atoms with Crippen molar-refractivity contribution in [1.29, 1.82) is 0 Å². The highest BCUT2D eigenvalue weighted by molar-refractivity contribution is 7.26. The van der Waals surface area contributed by atoms with Crippen LogP contribution in [0.5, 0.6) is 0 Å². The van der Waals surface area contributed by atoms with Gasteiger partial charge in [-0.05, 0) is 29.0 Å². The number of thiophene rings is 1. The monoisotopic (exact) mass is 488 g/mol. The van der Waals surface area contributed by atoms with E-state index in [2.05, 4.69) is 115 Å². The molecule has 8 rings (SSSR count). The first-order chi connectivity index (χ1) is 18.3. The van der Waals surface area contributed by atoms with Crippen LogP contribution in [0, 0.1) is 0 Å². The van der Waals surface area contributed by atoms with Crippen LogP contribution in [0.15, 0.2) is 121 Å². The molecule has 8 aromatic rings. The topological polar surface area (TPSA) is 25.8 Å². The molecular formula is C34H20N2S. The van der Waals surface area contributed by atoms with E-state index in [1.54, 1.807) is 0 Å². The van der Waals surface area contributed by atoms with Gasteiger partial charge in [0.1, 0.15) is 0 Å². The van der Waals surface area contributed by atoms with E-state index in [4.69, 9.17) is 9.97 Å². The lowest BCUT2D eigenvalue weighted by Gasteiger charge is -2.14. The second-order valence-electron chi connectivity index (χ2n) is 9.38. The van der Waals surface area contributed by atoms with Gasteiger partial charge < -0.3 is 0 Å². The first kappa shape index (κ1) is 20.6. The Morgan fingerprint density at radius 3 is 2.14 bits per heavy atom. The van der Waals surface area contributed by atoms with Crippen LogP contribution in [-0.4, -0.2) is 9.97 Å². The van der Waals surface area contributed by atoms with Gasteiger partial charge in [0.25, 0.3) is 0 Å². The summed E-state index contributed by atoms with van der Waals surface area (Å²) in [5.41, 5.74) is 5.86. The third-order valence-corrected chi connectivity index (χ3v) is 8.38. The van der Waals surface area contributed by atoms with Crippen molar-refractivity contribution in [3.63, 3.8) is 0 Å². The van der Waals surface area contributed by atoms with E-state index in [1.165, 1.54) is 36.3 Å². The number of benzene rings is 6. The molecule has 0 N–H and O–H groups in total. The lowest BCUT2D eigenvalue weighted by molar-refractivity contribution is 1.30. The second kappa shape index (κ2) is 7.95. The van der Waals surface area contributed by atoms with Gasteiger partial charge in [0, 0.05) is 42.1 Å². The van der Waals surface area contributed by atoms with Gasteiger partial charge in [-0.3, -0.25) is 0 Å². The number of fused-ring (bicyclic) bond motifs is 8. The Morgan fingerprint density at radius 2 is 1.22 bits per heavy atom. The molecule has 0 aliphatic heterocycles. The summed E-state index contributed by atoms with van der Waals surface area (Å²) in [5, 5.41) is 7.34. The van der Waals surface area contributed by atoms with Gasteiger partial charge in [-0.2, -0.15) is 0 Å². The van der Waals surface area contributed by atoms with Crippen LogP contribution in [-0.2, 0) is 0 Å². The molecule has 2 heterocycles. The van der Waals surface area contributed by atoms with Crippen LogP contribution in [0.1, 0.15) is 0 Å². The van der Waals surface area contributed by atoms with Crippen molar-refractivity contribution < 1.29 is 0 Å². The molecule has 37 heavy (non-hydrogen) atoms. The van der Waals surface area contributed by atoms with Gasteiger partial charge in [-0.1, -0.05) is 103 Å². The minimum absolute atomic E-state index is 0.910. The zero-order chi connectivity index (χ0) is 24.3. The predicted molar refractivity (Wildman–Crippen MR) is 158 cm³/mol. The van der Waals surface area contributed by atoms with Gasteiger partial charge >= 0.3 is 0 Å². The maximum absolute atomic E-state index is 5.41. The SMILES string of the molecule is c1ccc(-c2nc3ccc4ccccc4c3nc2-c2cccc3ccc4sc5ccccc5c4c23)cc1. The Kier molecular flexibility index (Phi) is 4.42. The van der Waals surface area contributed by atoms with Crippen molar-refractivity contribution in [3.05, 3.63) is 121 Å². The van der Waals surface area contributed by atoms with Crippen LogP contribution >= 0.6 is 11.3 Å². The maximum atomic E-state index is 5.41. The Hall–Kier alpha value is -4.60. The Morgan fingerprint density at radius 1 is 0.459 bits per heavy atom. The highest BCUT2D eigenvalue weighted by Crippen LogP contribution is 2.43. The van der Waals surface area contributed by atoms with Crippen molar-refractivity contribution in [2.45, 2.75) is 0 Å². The summed E-state index contributed by atoms with van der Waals surface area (Å²) in [6, 6.07) is 42.9. The number of hydrogen-bond donors (Lipinski definition) is 0. The minimum Gasteiger partial charge on any atom is -0.244 e. The molecule has 0 saturated heterocycles. The zero-order valence-corrected chi connectivity index (χ0v) is 20.7. The first-order valence-electron chi connectivity index (χ1n) is 12.4. The van der Waals surface area contributed by atoms with Crippen molar-refractivity contribution in [3.8, 4) is 22.5 Å². The van der Waals surface area contributed by atoms with E-state index in [-0.39, 0.29) is 0 Å². The predicted octanol–water partition coefficient (Wildman–Crippen LogP) is 9.64. The maximum Gasteiger partial charge on any atom is 0.0979 e. The minimum atomic E-state index is 0.910. The Balaban J connectivity index is 1.57. The van der Waals surface area contributed by atoms with E-state index in [0.717, 1.165) is 38.9 Å². The van der Waals surface area contributed by atoms with Gasteiger partial charge in [0.15, 0.2) is 0 Å². The summed E-state index contributed by atoms with van der Waals surface area (Å²) in [4.78, 5) is 10.7. The second-order valence-corrected chi connectivity index (χ2v) is 10.5. The molecule has 0 amide bonds. The van der Waals surface area contributed by atoms with Gasteiger partial charge in [0.05, 0.1) is 22.4 Å². The molecule has 0 spiro atoms. The Labute approximate surface area is 217 Å². The van der Waals surface area contributed by atoms with E-state index in [1.807, 2.05) is 17.4 Å². The van der Waals surface area contributed by atoms with Crippen molar-refractivity contribution in [2.24, 2.45) is 0 Å². The highest BCUT2D eigenvalue weighted by atomic mass is 32.1. The third-order valence-electron chi connectivity index (χ3n) is 7.25. The molecule has 2 aromatic heterocycles. The Bertz CT molecular complexity index is 2140. The molecule has 0 unspecified atom stereocenters. The fourth-order valence-electron chi connectivity index (χ4n) is 5.57. The highest BCUT2D eigenvalue weighted by Gasteiger charge is 2.19.